The molecule has 0 atom stereocenters. The van der Waals surface area contributed by atoms with Crippen LogP contribution in [0.3, 0.4) is 0 Å². The van der Waals surface area contributed by atoms with E-state index in [0.717, 1.165) is 16.5 Å². The molecule has 0 radical (unpaired) electrons. The van der Waals surface area contributed by atoms with Crippen molar-refractivity contribution in [2.24, 2.45) is 0 Å². The van der Waals surface area contributed by atoms with Crippen molar-refractivity contribution in [1.82, 2.24) is 0 Å². The van der Waals surface area contributed by atoms with E-state index in [1.54, 1.807) is 6.08 Å². The van der Waals surface area contributed by atoms with Crippen LogP contribution in [0.5, 0.6) is 0 Å². The van der Waals surface area contributed by atoms with Gasteiger partial charge in [-0.2, -0.15) is 0 Å². The van der Waals surface area contributed by atoms with Crippen molar-refractivity contribution in [2.45, 2.75) is 13.3 Å². The molecule has 24 heavy (non-hydrogen) atoms. The second-order valence-corrected chi connectivity index (χ2v) is 5.49. The summed E-state index contributed by atoms with van der Waals surface area (Å²) in [6.45, 7) is 5.09. The van der Waals surface area contributed by atoms with Gasteiger partial charge in [0.2, 0.25) is 5.91 Å². The lowest BCUT2D eigenvalue weighted by Crippen LogP contribution is -2.17. The molecule has 120 valence electrons. The summed E-state index contributed by atoms with van der Waals surface area (Å²) >= 11 is 0. The van der Waals surface area contributed by atoms with Crippen LogP contribution in [-0.2, 0) is 11.2 Å². The Morgan fingerprint density at radius 2 is 1.92 bits per heavy atom. The van der Waals surface area contributed by atoms with Crippen LogP contribution >= 0.6 is 0 Å². The van der Waals surface area contributed by atoms with Crippen molar-refractivity contribution in [1.29, 1.82) is 0 Å². The molecule has 0 aliphatic carbocycles. The largest absolute Gasteiger partial charge is 0.421 e. The Bertz CT molecular complexity index is 971. The molecule has 1 amide bonds. The van der Waals surface area contributed by atoms with Crippen LogP contribution in [0.1, 0.15) is 12.5 Å². The molecule has 1 heterocycles. The number of carbonyl (C=O) groups is 1. The van der Waals surface area contributed by atoms with Crippen molar-refractivity contribution < 1.29 is 9.21 Å². The van der Waals surface area contributed by atoms with E-state index in [-0.39, 0.29) is 11.6 Å². The molecule has 0 saturated heterocycles. The van der Waals surface area contributed by atoms with Gasteiger partial charge >= 0.3 is 5.63 Å². The Hall–Kier alpha value is -3.14. The summed E-state index contributed by atoms with van der Waals surface area (Å²) in [6, 6.07) is 15.6. The number of hydrogen-bond donors (Lipinski definition) is 1. The van der Waals surface area contributed by atoms with E-state index in [4.69, 9.17) is 4.42 Å². The van der Waals surface area contributed by atoms with Gasteiger partial charge in [0.15, 0.2) is 0 Å². The van der Waals surface area contributed by atoms with Gasteiger partial charge in [0.1, 0.15) is 11.3 Å². The maximum Gasteiger partial charge on any atom is 0.360 e. The fourth-order valence-corrected chi connectivity index (χ4v) is 2.73. The number of rotatable bonds is 4. The van der Waals surface area contributed by atoms with Crippen molar-refractivity contribution in [3.63, 3.8) is 0 Å². The average molecular weight is 319 g/mol. The predicted molar refractivity (Wildman–Crippen MR) is 96.1 cm³/mol. The smallest absolute Gasteiger partial charge is 0.360 e. The van der Waals surface area contributed by atoms with Gasteiger partial charge in [-0.05, 0) is 29.2 Å². The fraction of sp³-hybridized carbons (Fsp3) is 0.100. The Kier molecular flexibility index (Phi) is 4.29. The SMILES string of the molecule is C=CCc1c(NC(C)=O)c(=O)oc2cc(-c3ccccc3)ccc12. The zero-order chi connectivity index (χ0) is 17.1. The van der Waals surface area contributed by atoms with Crippen molar-refractivity contribution in [3.05, 3.63) is 77.2 Å². The molecular formula is C20H17NO3. The number of carbonyl (C=O) groups excluding carboxylic acids is 1. The first-order valence-corrected chi connectivity index (χ1v) is 7.64. The molecule has 2 aromatic carbocycles. The minimum absolute atomic E-state index is 0.183. The molecule has 1 N–H and O–H groups in total. The van der Waals surface area contributed by atoms with Crippen LogP contribution in [0.15, 0.2) is 70.4 Å². The number of amides is 1. The van der Waals surface area contributed by atoms with E-state index in [1.165, 1.54) is 6.92 Å². The Morgan fingerprint density at radius 1 is 1.17 bits per heavy atom. The topological polar surface area (TPSA) is 59.3 Å². The van der Waals surface area contributed by atoms with Gasteiger partial charge in [-0.3, -0.25) is 4.79 Å². The average Bonchev–Trinajstić information content (AvgIpc) is 2.58. The summed E-state index contributed by atoms with van der Waals surface area (Å²) in [4.78, 5) is 23.7. The minimum atomic E-state index is -0.556. The first-order valence-electron chi connectivity index (χ1n) is 7.64. The van der Waals surface area contributed by atoms with Crippen molar-refractivity contribution >= 4 is 22.6 Å². The molecule has 0 bridgehead atoms. The van der Waals surface area contributed by atoms with Gasteiger partial charge in [-0.25, -0.2) is 4.79 Å². The standard InChI is InChI=1S/C20H17NO3/c1-3-7-17-16-11-10-15(14-8-5-4-6-9-14)12-18(16)24-20(23)19(17)21-13(2)22/h3-6,8-12H,1,7H2,2H3,(H,21,22). The highest BCUT2D eigenvalue weighted by Gasteiger charge is 2.15. The van der Waals surface area contributed by atoms with Gasteiger partial charge in [-0.1, -0.05) is 48.5 Å². The lowest BCUT2D eigenvalue weighted by molar-refractivity contribution is -0.114. The molecule has 3 rings (SSSR count). The molecule has 0 aliphatic rings. The number of benzene rings is 2. The second-order valence-electron chi connectivity index (χ2n) is 5.49. The maximum absolute atomic E-state index is 12.3. The molecule has 0 saturated carbocycles. The summed E-state index contributed by atoms with van der Waals surface area (Å²) < 4.78 is 5.44. The van der Waals surface area contributed by atoms with Crippen LogP contribution in [0, 0.1) is 0 Å². The number of nitrogens with one attached hydrogen (secondary N) is 1. The third-order valence-corrected chi connectivity index (χ3v) is 3.77. The summed E-state index contributed by atoms with van der Waals surface area (Å²) in [5, 5.41) is 3.36. The van der Waals surface area contributed by atoms with E-state index >= 15 is 0 Å². The van der Waals surface area contributed by atoms with Crippen LogP contribution in [0.2, 0.25) is 0 Å². The van der Waals surface area contributed by atoms with E-state index in [0.29, 0.717) is 17.6 Å². The van der Waals surface area contributed by atoms with Crippen LogP contribution in [0.4, 0.5) is 5.69 Å². The van der Waals surface area contributed by atoms with Crippen molar-refractivity contribution in [3.8, 4) is 11.1 Å². The van der Waals surface area contributed by atoms with Crippen molar-refractivity contribution in [2.75, 3.05) is 5.32 Å². The van der Waals surface area contributed by atoms with Gasteiger partial charge in [0, 0.05) is 12.3 Å². The zero-order valence-corrected chi connectivity index (χ0v) is 13.3. The minimum Gasteiger partial charge on any atom is -0.421 e. The molecular weight excluding hydrogens is 302 g/mol. The van der Waals surface area contributed by atoms with E-state index in [9.17, 15) is 9.59 Å². The summed E-state index contributed by atoms with van der Waals surface area (Å²) in [6.07, 6.45) is 2.16. The van der Waals surface area contributed by atoms with Crippen LogP contribution in [0.25, 0.3) is 22.1 Å². The molecule has 4 heteroatoms. The number of fused-ring (bicyclic) bond motifs is 1. The van der Waals surface area contributed by atoms with Gasteiger partial charge < -0.3 is 9.73 Å². The molecule has 0 aliphatic heterocycles. The highest BCUT2D eigenvalue weighted by Crippen LogP contribution is 2.28. The molecule has 0 unspecified atom stereocenters. The van der Waals surface area contributed by atoms with Gasteiger partial charge in [-0.15, -0.1) is 6.58 Å². The third-order valence-electron chi connectivity index (χ3n) is 3.77. The second kappa shape index (κ2) is 6.54. The molecule has 0 fully saturated rings. The Morgan fingerprint density at radius 3 is 2.58 bits per heavy atom. The van der Waals surface area contributed by atoms with Gasteiger partial charge in [0.25, 0.3) is 0 Å². The highest BCUT2D eigenvalue weighted by molar-refractivity contribution is 5.94. The highest BCUT2D eigenvalue weighted by atomic mass is 16.4. The normalized spacial score (nSPS) is 10.5. The van der Waals surface area contributed by atoms with E-state index in [2.05, 4.69) is 11.9 Å². The molecule has 0 spiro atoms. The summed E-state index contributed by atoms with van der Waals surface area (Å²) in [5.74, 6) is -0.312. The molecule has 4 nitrogen and oxygen atoms in total. The number of anilines is 1. The van der Waals surface area contributed by atoms with Gasteiger partial charge in [0.05, 0.1) is 0 Å². The lowest BCUT2D eigenvalue weighted by atomic mass is 10.00. The molecule has 1 aromatic heterocycles. The number of allylic oxidation sites excluding steroid dienone is 1. The third kappa shape index (κ3) is 2.99. The monoisotopic (exact) mass is 319 g/mol. The zero-order valence-electron chi connectivity index (χ0n) is 13.3. The number of hydrogen-bond acceptors (Lipinski definition) is 3. The lowest BCUT2D eigenvalue weighted by Gasteiger charge is -2.11. The summed E-state index contributed by atoms with van der Waals surface area (Å²) in [5.41, 5.74) is 2.84. The van der Waals surface area contributed by atoms with Crippen LogP contribution in [-0.4, -0.2) is 5.91 Å². The Balaban J connectivity index is 2.23. The van der Waals surface area contributed by atoms with E-state index in [1.807, 2.05) is 48.5 Å². The maximum atomic E-state index is 12.3. The first kappa shape index (κ1) is 15.7. The van der Waals surface area contributed by atoms with E-state index < -0.39 is 5.63 Å². The predicted octanol–water partition coefficient (Wildman–Crippen LogP) is 4.15. The summed E-state index contributed by atoms with van der Waals surface area (Å²) in [7, 11) is 0. The fourth-order valence-electron chi connectivity index (χ4n) is 2.73. The Labute approximate surface area is 139 Å². The molecule has 3 aromatic rings. The van der Waals surface area contributed by atoms with Crippen LogP contribution < -0.4 is 10.9 Å². The first-order chi connectivity index (χ1) is 11.6. The quantitative estimate of drug-likeness (QED) is 0.580.